The lowest BCUT2D eigenvalue weighted by molar-refractivity contribution is -0.138. The molecule has 0 saturated carbocycles. The fourth-order valence-corrected chi connectivity index (χ4v) is 3.01. The fourth-order valence-electron chi connectivity index (χ4n) is 3.01. The van der Waals surface area contributed by atoms with Gasteiger partial charge in [-0.1, -0.05) is 0 Å². The van der Waals surface area contributed by atoms with Crippen LogP contribution in [0.15, 0.2) is 0 Å². The molecule has 2 fully saturated rings. The zero-order valence-electron chi connectivity index (χ0n) is 12.2. The van der Waals surface area contributed by atoms with Crippen molar-refractivity contribution in [3.05, 3.63) is 0 Å². The van der Waals surface area contributed by atoms with Crippen LogP contribution in [0.3, 0.4) is 0 Å². The van der Waals surface area contributed by atoms with Crippen LogP contribution in [0.25, 0.3) is 0 Å². The van der Waals surface area contributed by atoms with Crippen LogP contribution >= 0.6 is 0 Å². The average molecular weight is 297 g/mol. The van der Waals surface area contributed by atoms with Crippen LogP contribution in [-0.4, -0.2) is 65.0 Å². The van der Waals surface area contributed by atoms with E-state index in [9.17, 15) is 14.4 Å². The van der Waals surface area contributed by atoms with Crippen molar-refractivity contribution in [2.24, 2.45) is 0 Å². The van der Waals surface area contributed by atoms with Crippen molar-refractivity contribution in [1.82, 2.24) is 15.1 Å². The van der Waals surface area contributed by atoms with E-state index < -0.39 is 5.97 Å². The van der Waals surface area contributed by atoms with Crippen LogP contribution in [-0.2, 0) is 9.59 Å². The number of carboxylic acids is 1. The molecule has 2 aliphatic rings. The molecule has 0 aromatic rings. The second-order valence-electron chi connectivity index (χ2n) is 5.69. The minimum absolute atomic E-state index is 0.00484. The largest absolute Gasteiger partial charge is 0.481 e. The Labute approximate surface area is 124 Å². The first-order valence-electron chi connectivity index (χ1n) is 7.62. The summed E-state index contributed by atoms with van der Waals surface area (Å²) in [7, 11) is 0. The number of carboxylic acid groups (broad SMARTS) is 1. The minimum Gasteiger partial charge on any atom is -0.481 e. The first-order valence-corrected chi connectivity index (χ1v) is 7.62. The van der Waals surface area contributed by atoms with Crippen molar-refractivity contribution >= 4 is 17.9 Å². The van der Waals surface area contributed by atoms with Gasteiger partial charge in [0.05, 0.1) is 13.0 Å². The molecule has 2 N–H and O–H groups in total. The molecule has 2 saturated heterocycles. The lowest BCUT2D eigenvalue weighted by Crippen LogP contribution is -2.51. The minimum atomic E-state index is -0.896. The number of hydrogen-bond acceptors (Lipinski definition) is 3. The number of likely N-dealkylation sites (tertiary alicyclic amines) is 2. The Morgan fingerprint density at radius 1 is 1.05 bits per heavy atom. The van der Waals surface area contributed by atoms with Gasteiger partial charge in [-0.3, -0.25) is 9.59 Å². The van der Waals surface area contributed by atoms with Crippen LogP contribution in [0, 0.1) is 0 Å². The van der Waals surface area contributed by atoms with Gasteiger partial charge in [0.15, 0.2) is 0 Å². The van der Waals surface area contributed by atoms with Crippen molar-refractivity contribution < 1.29 is 19.5 Å². The highest BCUT2D eigenvalue weighted by atomic mass is 16.4. The number of rotatable bonds is 4. The highest BCUT2D eigenvalue weighted by molar-refractivity contribution is 5.84. The second-order valence-corrected chi connectivity index (χ2v) is 5.69. The Morgan fingerprint density at radius 3 is 2.38 bits per heavy atom. The van der Waals surface area contributed by atoms with Gasteiger partial charge in [-0.25, -0.2) is 4.79 Å². The summed E-state index contributed by atoms with van der Waals surface area (Å²) in [6, 6.07) is -0.591. The van der Waals surface area contributed by atoms with E-state index in [4.69, 9.17) is 5.11 Å². The van der Waals surface area contributed by atoms with E-state index in [0.717, 1.165) is 38.8 Å². The number of amides is 3. The van der Waals surface area contributed by atoms with Gasteiger partial charge in [-0.15, -0.1) is 0 Å². The number of aliphatic carboxylic acids is 1. The molecule has 0 spiro atoms. The molecule has 0 bridgehead atoms. The highest BCUT2D eigenvalue weighted by Crippen LogP contribution is 2.19. The smallest absolute Gasteiger partial charge is 0.318 e. The molecule has 1 atom stereocenters. The van der Waals surface area contributed by atoms with Crippen LogP contribution in [0.4, 0.5) is 4.79 Å². The van der Waals surface area contributed by atoms with Gasteiger partial charge < -0.3 is 20.2 Å². The predicted octanol–water partition coefficient (Wildman–Crippen LogP) is 0.648. The molecule has 0 radical (unpaired) electrons. The Kier molecular flexibility index (Phi) is 5.41. The number of piperidine rings is 1. The van der Waals surface area contributed by atoms with E-state index in [-0.39, 0.29) is 30.9 Å². The van der Waals surface area contributed by atoms with Crippen molar-refractivity contribution in [1.29, 1.82) is 0 Å². The highest BCUT2D eigenvalue weighted by Gasteiger charge is 2.29. The zero-order chi connectivity index (χ0) is 15.2. The van der Waals surface area contributed by atoms with E-state index in [1.165, 1.54) is 0 Å². The zero-order valence-corrected chi connectivity index (χ0v) is 12.2. The Balaban J connectivity index is 1.82. The maximum atomic E-state index is 12.2. The molecule has 2 rings (SSSR count). The van der Waals surface area contributed by atoms with Crippen LogP contribution in [0.5, 0.6) is 0 Å². The first-order chi connectivity index (χ1) is 10.1. The maximum Gasteiger partial charge on any atom is 0.318 e. The van der Waals surface area contributed by atoms with Crippen molar-refractivity contribution in [3.63, 3.8) is 0 Å². The van der Waals surface area contributed by atoms with E-state index in [2.05, 4.69) is 5.32 Å². The normalized spacial score (nSPS) is 22.2. The van der Waals surface area contributed by atoms with E-state index in [1.54, 1.807) is 9.80 Å². The van der Waals surface area contributed by atoms with Gasteiger partial charge in [0.2, 0.25) is 5.91 Å². The third-order valence-corrected chi connectivity index (χ3v) is 4.15. The fraction of sp³-hybridized carbons (Fsp3) is 0.786. The maximum absolute atomic E-state index is 12.2. The summed E-state index contributed by atoms with van der Waals surface area (Å²) in [5.74, 6) is -0.958. The van der Waals surface area contributed by atoms with Gasteiger partial charge in [-0.2, -0.15) is 0 Å². The molecule has 0 aliphatic carbocycles. The van der Waals surface area contributed by atoms with E-state index in [1.807, 2.05) is 0 Å². The Morgan fingerprint density at radius 2 is 1.71 bits per heavy atom. The summed E-state index contributed by atoms with van der Waals surface area (Å²) in [4.78, 5) is 38.2. The van der Waals surface area contributed by atoms with Crippen molar-refractivity contribution in [2.75, 3.05) is 26.2 Å². The third kappa shape index (κ3) is 4.34. The number of urea groups is 1. The molecule has 2 aliphatic heterocycles. The lowest BCUT2D eigenvalue weighted by atomic mass is 10.00. The summed E-state index contributed by atoms with van der Waals surface area (Å²) < 4.78 is 0. The van der Waals surface area contributed by atoms with Gasteiger partial charge >= 0.3 is 12.0 Å². The number of nitrogens with zero attached hydrogens (tertiary/aromatic N) is 2. The number of nitrogens with one attached hydrogen (secondary N) is 1. The Hall–Kier alpha value is -1.79. The lowest BCUT2D eigenvalue weighted by Gasteiger charge is -2.35. The van der Waals surface area contributed by atoms with Gasteiger partial charge in [0.25, 0.3) is 0 Å². The van der Waals surface area contributed by atoms with Gasteiger partial charge in [-0.05, 0) is 32.1 Å². The molecular formula is C14H23N3O4. The molecule has 0 aromatic carbocycles. The van der Waals surface area contributed by atoms with Crippen molar-refractivity contribution in [3.8, 4) is 0 Å². The predicted molar refractivity (Wildman–Crippen MR) is 75.8 cm³/mol. The molecule has 118 valence electrons. The molecule has 21 heavy (non-hydrogen) atoms. The third-order valence-electron chi connectivity index (χ3n) is 4.15. The monoisotopic (exact) mass is 297 g/mol. The van der Waals surface area contributed by atoms with Gasteiger partial charge in [0, 0.05) is 25.7 Å². The van der Waals surface area contributed by atoms with E-state index >= 15 is 0 Å². The number of hydrogen-bond donors (Lipinski definition) is 2. The van der Waals surface area contributed by atoms with E-state index in [0.29, 0.717) is 13.0 Å². The van der Waals surface area contributed by atoms with Crippen LogP contribution in [0.2, 0.25) is 0 Å². The van der Waals surface area contributed by atoms with Gasteiger partial charge in [0.1, 0.15) is 0 Å². The van der Waals surface area contributed by atoms with Crippen LogP contribution in [0.1, 0.15) is 38.5 Å². The molecule has 7 nitrogen and oxygen atoms in total. The molecule has 7 heteroatoms. The average Bonchev–Trinajstić information content (AvgIpc) is 2.98. The number of carbonyl (C=O) groups is 3. The van der Waals surface area contributed by atoms with Crippen LogP contribution < -0.4 is 5.32 Å². The molecule has 0 aromatic heterocycles. The molecule has 2 heterocycles. The summed E-state index contributed by atoms with van der Waals surface area (Å²) in [5.41, 5.74) is 0. The standard InChI is InChI=1S/C14H23N3O4/c18-12(16-6-3-4-7-16)10-15-14(21)17-8-2-1-5-11(17)9-13(19)20/h11H,1-10H2,(H,15,21)(H,19,20). The molecular weight excluding hydrogens is 274 g/mol. The topological polar surface area (TPSA) is 90.0 Å². The SMILES string of the molecule is O=C(O)CC1CCCCN1C(=O)NCC(=O)N1CCCC1. The summed E-state index contributed by atoms with van der Waals surface area (Å²) in [5, 5.41) is 11.5. The quantitative estimate of drug-likeness (QED) is 0.797. The first kappa shape index (κ1) is 15.6. The van der Waals surface area contributed by atoms with Crippen molar-refractivity contribution in [2.45, 2.75) is 44.6 Å². The summed E-state index contributed by atoms with van der Waals surface area (Å²) in [6.07, 6.45) is 4.53. The summed E-state index contributed by atoms with van der Waals surface area (Å²) >= 11 is 0. The summed E-state index contributed by atoms with van der Waals surface area (Å²) in [6.45, 7) is 2.08. The second kappa shape index (κ2) is 7.28. The molecule has 3 amide bonds. The number of carbonyl (C=O) groups excluding carboxylic acids is 2. The Bertz CT molecular complexity index is 407. The molecule has 1 unspecified atom stereocenters.